The largest absolute Gasteiger partial charge is 0.299 e. The molecule has 0 aromatic heterocycles. The SMILES string of the molecule is C=CCC(=O)Cc1ccc(Br)cc1. The Kier molecular flexibility index (Phi) is 3.90. The zero-order chi connectivity index (χ0) is 9.68. The van der Waals surface area contributed by atoms with Crippen molar-refractivity contribution in [2.24, 2.45) is 0 Å². The summed E-state index contributed by atoms with van der Waals surface area (Å²) in [7, 11) is 0. The van der Waals surface area contributed by atoms with Crippen molar-refractivity contribution in [2.45, 2.75) is 12.8 Å². The summed E-state index contributed by atoms with van der Waals surface area (Å²) in [5.74, 6) is 0.206. The fourth-order valence-electron chi connectivity index (χ4n) is 1.06. The first-order chi connectivity index (χ1) is 6.22. The molecule has 1 rings (SSSR count). The van der Waals surface area contributed by atoms with Crippen LogP contribution in [0.2, 0.25) is 0 Å². The van der Waals surface area contributed by atoms with Crippen LogP contribution in [0.25, 0.3) is 0 Å². The highest BCUT2D eigenvalue weighted by atomic mass is 79.9. The minimum Gasteiger partial charge on any atom is -0.299 e. The molecule has 1 nitrogen and oxygen atoms in total. The number of hydrogen-bond acceptors (Lipinski definition) is 1. The van der Waals surface area contributed by atoms with Crippen molar-refractivity contribution in [2.75, 3.05) is 0 Å². The van der Waals surface area contributed by atoms with Crippen LogP contribution < -0.4 is 0 Å². The van der Waals surface area contributed by atoms with E-state index < -0.39 is 0 Å². The Hall–Kier alpha value is -0.890. The number of hydrogen-bond donors (Lipinski definition) is 0. The van der Waals surface area contributed by atoms with E-state index in [1.807, 2.05) is 24.3 Å². The van der Waals surface area contributed by atoms with Crippen LogP contribution in [0.15, 0.2) is 41.4 Å². The molecular formula is C11H11BrO. The highest BCUT2D eigenvalue weighted by Crippen LogP contribution is 2.11. The summed E-state index contributed by atoms with van der Waals surface area (Å²) in [4.78, 5) is 11.2. The van der Waals surface area contributed by atoms with Gasteiger partial charge in [-0.1, -0.05) is 34.1 Å². The van der Waals surface area contributed by atoms with E-state index in [9.17, 15) is 4.79 Å². The van der Waals surface area contributed by atoms with Gasteiger partial charge in [-0.2, -0.15) is 0 Å². The highest BCUT2D eigenvalue weighted by Gasteiger charge is 2.00. The summed E-state index contributed by atoms with van der Waals surface area (Å²) in [6.07, 6.45) is 2.59. The van der Waals surface area contributed by atoms with E-state index in [1.54, 1.807) is 6.08 Å². The van der Waals surface area contributed by atoms with Crippen molar-refractivity contribution in [3.63, 3.8) is 0 Å². The fraction of sp³-hybridized carbons (Fsp3) is 0.182. The monoisotopic (exact) mass is 238 g/mol. The van der Waals surface area contributed by atoms with Gasteiger partial charge in [-0.3, -0.25) is 4.79 Å². The zero-order valence-electron chi connectivity index (χ0n) is 7.29. The molecule has 0 unspecified atom stereocenters. The molecule has 0 aliphatic rings. The summed E-state index contributed by atoms with van der Waals surface area (Å²) in [6.45, 7) is 3.53. The van der Waals surface area contributed by atoms with Crippen LogP contribution in [0.5, 0.6) is 0 Å². The predicted octanol–water partition coefficient (Wildman–Crippen LogP) is 3.14. The molecule has 0 atom stereocenters. The molecule has 0 N–H and O–H groups in total. The normalized spacial score (nSPS) is 9.62. The molecule has 1 aromatic rings. The van der Waals surface area contributed by atoms with Gasteiger partial charge in [0.1, 0.15) is 5.78 Å². The summed E-state index contributed by atoms with van der Waals surface area (Å²) >= 11 is 3.34. The van der Waals surface area contributed by atoms with Gasteiger partial charge < -0.3 is 0 Å². The van der Waals surface area contributed by atoms with Crippen molar-refractivity contribution in [3.05, 3.63) is 47.0 Å². The fourth-order valence-corrected chi connectivity index (χ4v) is 1.33. The van der Waals surface area contributed by atoms with Crippen LogP contribution in [-0.2, 0) is 11.2 Å². The standard InChI is InChI=1S/C11H11BrO/c1-2-3-11(13)8-9-4-6-10(12)7-5-9/h2,4-7H,1,3,8H2. The van der Waals surface area contributed by atoms with E-state index in [1.165, 1.54) is 0 Å². The van der Waals surface area contributed by atoms with Crippen LogP contribution >= 0.6 is 15.9 Å². The molecule has 2 heteroatoms. The van der Waals surface area contributed by atoms with Crippen LogP contribution in [-0.4, -0.2) is 5.78 Å². The average Bonchev–Trinajstić information content (AvgIpc) is 2.09. The Bertz CT molecular complexity index is 300. The van der Waals surface area contributed by atoms with Gasteiger partial charge in [-0.15, -0.1) is 6.58 Å². The number of carbonyl (C=O) groups is 1. The molecule has 0 saturated carbocycles. The van der Waals surface area contributed by atoms with Gasteiger partial charge >= 0.3 is 0 Å². The van der Waals surface area contributed by atoms with Gasteiger partial charge in [0.2, 0.25) is 0 Å². The Morgan fingerprint density at radius 1 is 1.38 bits per heavy atom. The Morgan fingerprint density at radius 2 is 2.00 bits per heavy atom. The van der Waals surface area contributed by atoms with Crippen LogP contribution in [0.4, 0.5) is 0 Å². The van der Waals surface area contributed by atoms with E-state index in [4.69, 9.17) is 0 Å². The smallest absolute Gasteiger partial charge is 0.140 e. The lowest BCUT2D eigenvalue weighted by atomic mass is 10.1. The third-order valence-electron chi connectivity index (χ3n) is 1.69. The maximum absolute atomic E-state index is 11.2. The topological polar surface area (TPSA) is 17.1 Å². The Balaban J connectivity index is 2.59. The molecule has 0 saturated heterocycles. The molecule has 0 fully saturated rings. The van der Waals surface area contributed by atoms with E-state index >= 15 is 0 Å². The number of benzene rings is 1. The number of Topliss-reactive ketones (excluding diaryl/α,β-unsaturated/α-hetero) is 1. The summed E-state index contributed by atoms with van der Waals surface area (Å²) in [6, 6.07) is 7.78. The van der Waals surface area contributed by atoms with Gasteiger partial charge in [-0.25, -0.2) is 0 Å². The first-order valence-electron chi connectivity index (χ1n) is 4.09. The van der Waals surface area contributed by atoms with Gasteiger partial charge in [0.15, 0.2) is 0 Å². The quantitative estimate of drug-likeness (QED) is 0.737. The minimum absolute atomic E-state index is 0.206. The average molecular weight is 239 g/mol. The second-order valence-electron chi connectivity index (χ2n) is 2.83. The second kappa shape index (κ2) is 4.97. The molecule has 0 radical (unpaired) electrons. The number of carbonyl (C=O) groups excluding carboxylic acids is 1. The van der Waals surface area contributed by atoms with Crippen LogP contribution in [0, 0.1) is 0 Å². The molecule has 13 heavy (non-hydrogen) atoms. The third kappa shape index (κ3) is 3.55. The summed E-state index contributed by atoms with van der Waals surface area (Å²) in [5.41, 5.74) is 1.05. The number of allylic oxidation sites excluding steroid dienone is 1. The summed E-state index contributed by atoms with van der Waals surface area (Å²) < 4.78 is 1.03. The van der Waals surface area contributed by atoms with Gasteiger partial charge in [0, 0.05) is 17.3 Å². The number of rotatable bonds is 4. The molecule has 0 aliphatic carbocycles. The molecule has 0 heterocycles. The van der Waals surface area contributed by atoms with Gasteiger partial charge in [0.05, 0.1) is 0 Å². The molecule has 0 spiro atoms. The number of ketones is 1. The van der Waals surface area contributed by atoms with Crippen molar-refractivity contribution in [1.29, 1.82) is 0 Å². The molecule has 0 aliphatic heterocycles. The molecule has 68 valence electrons. The Labute approximate surface area is 86.6 Å². The summed E-state index contributed by atoms with van der Waals surface area (Å²) in [5, 5.41) is 0. The van der Waals surface area contributed by atoms with E-state index in [2.05, 4.69) is 22.5 Å². The lowest BCUT2D eigenvalue weighted by Gasteiger charge is -1.98. The third-order valence-corrected chi connectivity index (χ3v) is 2.22. The first kappa shape index (κ1) is 10.2. The predicted molar refractivity (Wildman–Crippen MR) is 57.7 cm³/mol. The lowest BCUT2D eigenvalue weighted by molar-refractivity contribution is -0.117. The first-order valence-corrected chi connectivity index (χ1v) is 4.88. The molecule has 0 bridgehead atoms. The molecule has 0 amide bonds. The van der Waals surface area contributed by atoms with Crippen LogP contribution in [0.3, 0.4) is 0 Å². The minimum atomic E-state index is 0.206. The van der Waals surface area contributed by atoms with Crippen molar-refractivity contribution in [3.8, 4) is 0 Å². The van der Waals surface area contributed by atoms with Crippen molar-refractivity contribution >= 4 is 21.7 Å². The lowest BCUT2D eigenvalue weighted by Crippen LogP contribution is -2.00. The zero-order valence-corrected chi connectivity index (χ0v) is 8.88. The second-order valence-corrected chi connectivity index (χ2v) is 3.75. The van der Waals surface area contributed by atoms with Gasteiger partial charge in [0.25, 0.3) is 0 Å². The van der Waals surface area contributed by atoms with E-state index in [0.29, 0.717) is 12.8 Å². The van der Waals surface area contributed by atoms with Gasteiger partial charge in [-0.05, 0) is 17.7 Å². The molecular weight excluding hydrogens is 228 g/mol. The number of halogens is 1. The maximum atomic E-state index is 11.2. The van der Waals surface area contributed by atoms with Crippen molar-refractivity contribution in [1.82, 2.24) is 0 Å². The van der Waals surface area contributed by atoms with Crippen LogP contribution in [0.1, 0.15) is 12.0 Å². The maximum Gasteiger partial charge on any atom is 0.140 e. The molecule has 1 aromatic carbocycles. The van der Waals surface area contributed by atoms with Crippen molar-refractivity contribution < 1.29 is 4.79 Å². The Morgan fingerprint density at radius 3 is 2.54 bits per heavy atom. The van der Waals surface area contributed by atoms with E-state index in [0.717, 1.165) is 10.0 Å². The highest BCUT2D eigenvalue weighted by molar-refractivity contribution is 9.10. The van der Waals surface area contributed by atoms with E-state index in [-0.39, 0.29) is 5.78 Å².